The largest absolute Gasteiger partial charge is 0.339 e. The van der Waals surface area contributed by atoms with E-state index < -0.39 is 0 Å². The molecule has 0 fully saturated rings. The molecule has 0 saturated carbocycles. The summed E-state index contributed by atoms with van der Waals surface area (Å²) in [5.41, 5.74) is 1.51. The Hall–Kier alpha value is -2.08. The summed E-state index contributed by atoms with van der Waals surface area (Å²) >= 11 is 1.78. The maximum absolute atomic E-state index is 5.24. The van der Waals surface area contributed by atoms with E-state index in [-0.39, 0.29) is 0 Å². The molecule has 0 N–H and O–H groups in total. The molecule has 3 aromatic rings. The van der Waals surface area contributed by atoms with Gasteiger partial charge in [0.2, 0.25) is 11.7 Å². The topological polar surface area (TPSA) is 64.7 Å². The summed E-state index contributed by atoms with van der Waals surface area (Å²) in [6, 6.07) is 7.95. The predicted molar refractivity (Wildman–Crippen MR) is 76.4 cm³/mol. The number of aryl methyl sites for hydroxylation is 3. The van der Waals surface area contributed by atoms with E-state index in [1.54, 1.807) is 11.3 Å². The van der Waals surface area contributed by atoms with E-state index in [2.05, 4.69) is 37.9 Å². The van der Waals surface area contributed by atoms with Gasteiger partial charge in [0.25, 0.3) is 0 Å². The van der Waals surface area contributed by atoms with E-state index >= 15 is 0 Å². The fourth-order valence-electron chi connectivity index (χ4n) is 1.85. The molecule has 0 bridgehead atoms. The molecule has 0 aliphatic rings. The molecule has 3 aromatic heterocycles. The van der Waals surface area contributed by atoms with Crippen molar-refractivity contribution in [2.75, 3.05) is 0 Å². The summed E-state index contributed by atoms with van der Waals surface area (Å²) in [6.45, 7) is 1.89. The summed E-state index contributed by atoms with van der Waals surface area (Å²) in [5.74, 6) is 1.16. The van der Waals surface area contributed by atoms with E-state index in [1.165, 1.54) is 4.88 Å². The van der Waals surface area contributed by atoms with Gasteiger partial charge >= 0.3 is 0 Å². The molecule has 6 heteroatoms. The molecule has 3 heterocycles. The lowest BCUT2D eigenvalue weighted by Crippen LogP contribution is -1.92. The Morgan fingerprint density at radius 1 is 1.15 bits per heavy atom. The number of nitrogens with zero attached hydrogens (tertiary/aromatic N) is 4. The van der Waals surface area contributed by atoms with Crippen molar-refractivity contribution in [1.82, 2.24) is 20.3 Å². The lowest BCUT2D eigenvalue weighted by molar-refractivity contribution is 0.376. The highest BCUT2D eigenvalue weighted by molar-refractivity contribution is 7.09. The Kier molecular flexibility index (Phi) is 3.83. The SMILES string of the molecule is Cc1ccc(-c2noc(CCCc3cccs3)n2)nn1. The van der Waals surface area contributed by atoms with E-state index in [9.17, 15) is 0 Å². The number of rotatable bonds is 5. The first kappa shape index (κ1) is 12.9. The molecule has 0 aromatic carbocycles. The Morgan fingerprint density at radius 2 is 2.10 bits per heavy atom. The molecule has 3 rings (SSSR count). The van der Waals surface area contributed by atoms with Crippen molar-refractivity contribution in [3.8, 4) is 11.5 Å². The van der Waals surface area contributed by atoms with Crippen LogP contribution >= 0.6 is 11.3 Å². The van der Waals surface area contributed by atoms with Crippen LogP contribution in [0, 0.1) is 6.92 Å². The van der Waals surface area contributed by atoms with Crippen LogP contribution < -0.4 is 0 Å². The van der Waals surface area contributed by atoms with Crippen molar-refractivity contribution >= 4 is 11.3 Å². The Bertz CT molecular complexity index is 661. The minimum Gasteiger partial charge on any atom is -0.339 e. The van der Waals surface area contributed by atoms with Crippen molar-refractivity contribution in [2.45, 2.75) is 26.2 Å². The lowest BCUT2D eigenvalue weighted by Gasteiger charge is -1.94. The predicted octanol–water partition coefficient (Wildman–Crippen LogP) is 3.07. The maximum atomic E-state index is 5.24. The zero-order valence-electron chi connectivity index (χ0n) is 11.1. The van der Waals surface area contributed by atoms with Gasteiger partial charge in [-0.2, -0.15) is 10.1 Å². The molecule has 0 saturated heterocycles. The van der Waals surface area contributed by atoms with Crippen LogP contribution in [0.4, 0.5) is 0 Å². The number of aromatic nitrogens is 4. The van der Waals surface area contributed by atoms with Gasteiger partial charge in [0.05, 0.1) is 5.69 Å². The van der Waals surface area contributed by atoms with Crippen molar-refractivity contribution in [3.05, 3.63) is 46.1 Å². The number of thiophene rings is 1. The molecule has 0 unspecified atom stereocenters. The molecule has 0 spiro atoms. The molecule has 20 heavy (non-hydrogen) atoms. The molecule has 5 nitrogen and oxygen atoms in total. The Labute approximate surface area is 120 Å². The fourth-order valence-corrected chi connectivity index (χ4v) is 2.60. The number of hydrogen-bond acceptors (Lipinski definition) is 6. The van der Waals surface area contributed by atoms with Crippen LogP contribution in [-0.4, -0.2) is 20.3 Å². The van der Waals surface area contributed by atoms with Gasteiger partial charge in [-0.05, 0) is 43.3 Å². The Balaban J connectivity index is 1.60. The van der Waals surface area contributed by atoms with Crippen molar-refractivity contribution in [2.24, 2.45) is 0 Å². The molecule has 0 aliphatic heterocycles. The van der Waals surface area contributed by atoms with Crippen molar-refractivity contribution in [1.29, 1.82) is 0 Å². The van der Waals surface area contributed by atoms with Gasteiger partial charge < -0.3 is 4.52 Å². The standard InChI is InChI=1S/C14H14N4OS/c1-10-7-8-12(17-16-10)14-15-13(19-18-14)6-2-4-11-5-3-9-20-11/h3,5,7-9H,2,4,6H2,1H3. The zero-order valence-corrected chi connectivity index (χ0v) is 11.9. The van der Waals surface area contributed by atoms with E-state index in [0.29, 0.717) is 17.4 Å². The Morgan fingerprint density at radius 3 is 2.85 bits per heavy atom. The average Bonchev–Trinajstić information content (AvgIpc) is 3.11. The van der Waals surface area contributed by atoms with Gasteiger partial charge in [-0.3, -0.25) is 0 Å². The van der Waals surface area contributed by atoms with Gasteiger partial charge in [-0.15, -0.1) is 16.4 Å². The molecule has 0 amide bonds. The third-order valence-corrected chi connectivity index (χ3v) is 3.83. The van der Waals surface area contributed by atoms with Gasteiger partial charge in [0.1, 0.15) is 5.69 Å². The second-order valence-electron chi connectivity index (χ2n) is 4.50. The zero-order chi connectivity index (χ0) is 13.8. The summed E-state index contributed by atoms with van der Waals surface area (Å²) < 4.78 is 5.24. The van der Waals surface area contributed by atoms with Crippen LogP contribution in [0.15, 0.2) is 34.2 Å². The van der Waals surface area contributed by atoms with E-state index in [1.807, 2.05) is 19.1 Å². The van der Waals surface area contributed by atoms with Crippen LogP contribution in [0.3, 0.4) is 0 Å². The highest BCUT2D eigenvalue weighted by atomic mass is 32.1. The normalized spacial score (nSPS) is 10.8. The van der Waals surface area contributed by atoms with Crippen LogP contribution in [0.25, 0.3) is 11.5 Å². The van der Waals surface area contributed by atoms with E-state index in [4.69, 9.17) is 4.52 Å². The summed E-state index contributed by atoms with van der Waals surface area (Å²) in [4.78, 5) is 5.74. The second-order valence-corrected chi connectivity index (χ2v) is 5.54. The van der Waals surface area contributed by atoms with Crippen LogP contribution in [-0.2, 0) is 12.8 Å². The minimum absolute atomic E-state index is 0.503. The third-order valence-electron chi connectivity index (χ3n) is 2.89. The molecule has 0 atom stereocenters. The van der Waals surface area contributed by atoms with Gasteiger partial charge in [0, 0.05) is 11.3 Å². The fraction of sp³-hybridized carbons (Fsp3) is 0.286. The molecule has 0 aliphatic carbocycles. The summed E-state index contributed by atoms with van der Waals surface area (Å²) in [6.07, 6.45) is 2.83. The van der Waals surface area contributed by atoms with Crippen LogP contribution in [0.5, 0.6) is 0 Å². The first-order valence-corrected chi connectivity index (χ1v) is 7.35. The second kappa shape index (κ2) is 5.92. The van der Waals surface area contributed by atoms with Gasteiger partial charge in [-0.25, -0.2) is 0 Å². The molecular formula is C14H14N4OS. The van der Waals surface area contributed by atoms with Gasteiger partial charge in [0.15, 0.2) is 0 Å². The summed E-state index contributed by atoms with van der Waals surface area (Å²) in [7, 11) is 0. The average molecular weight is 286 g/mol. The molecule has 0 radical (unpaired) electrons. The van der Waals surface area contributed by atoms with Crippen molar-refractivity contribution < 1.29 is 4.52 Å². The highest BCUT2D eigenvalue weighted by Crippen LogP contribution is 2.15. The lowest BCUT2D eigenvalue weighted by atomic mass is 10.2. The quantitative estimate of drug-likeness (QED) is 0.721. The highest BCUT2D eigenvalue weighted by Gasteiger charge is 2.10. The van der Waals surface area contributed by atoms with E-state index in [0.717, 1.165) is 25.0 Å². The van der Waals surface area contributed by atoms with Crippen molar-refractivity contribution in [3.63, 3.8) is 0 Å². The first-order valence-electron chi connectivity index (χ1n) is 6.47. The summed E-state index contributed by atoms with van der Waals surface area (Å²) in [5, 5.41) is 14.1. The maximum Gasteiger partial charge on any atom is 0.227 e. The first-order chi connectivity index (χ1) is 9.81. The molecule has 102 valence electrons. The smallest absolute Gasteiger partial charge is 0.227 e. The third kappa shape index (κ3) is 3.08. The van der Waals surface area contributed by atoms with Crippen LogP contribution in [0.1, 0.15) is 22.9 Å². The van der Waals surface area contributed by atoms with Gasteiger partial charge in [-0.1, -0.05) is 11.2 Å². The molecular weight excluding hydrogens is 272 g/mol. The minimum atomic E-state index is 0.503. The number of hydrogen-bond donors (Lipinski definition) is 0. The van der Waals surface area contributed by atoms with Crippen LogP contribution in [0.2, 0.25) is 0 Å². The monoisotopic (exact) mass is 286 g/mol.